The zero-order chi connectivity index (χ0) is 54.3. The molecule has 0 spiro atoms. The number of amides is 1. The van der Waals surface area contributed by atoms with Gasteiger partial charge in [0, 0.05) is 12.8 Å². The summed E-state index contributed by atoms with van der Waals surface area (Å²) in [5, 5.41) is 23.0. The fourth-order valence-electron chi connectivity index (χ4n) is 9.93. The smallest absolute Gasteiger partial charge is 0.305 e. The Balaban J connectivity index is 3.38. The van der Waals surface area contributed by atoms with Crippen LogP contribution in [0.1, 0.15) is 341 Å². The number of hydrogen-bond donors (Lipinski definition) is 3. The van der Waals surface area contributed by atoms with E-state index in [0.717, 1.165) is 57.8 Å². The van der Waals surface area contributed by atoms with Crippen LogP contribution in [-0.4, -0.2) is 47.4 Å². The van der Waals surface area contributed by atoms with Gasteiger partial charge < -0.3 is 20.3 Å². The van der Waals surface area contributed by atoms with Crippen molar-refractivity contribution in [1.29, 1.82) is 0 Å². The molecule has 2 atom stereocenters. The highest BCUT2D eigenvalue weighted by Crippen LogP contribution is 2.17. The molecule has 0 aliphatic heterocycles. The van der Waals surface area contributed by atoms with Gasteiger partial charge in [0.25, 0.3) is 0 Å². The van der Waals surface area contributed by atoms with Crippen LogP contribution in [0, 0.1) is 0 Å². The van der Waals surface area contributed by atoms with Crippen LogP contribution in [0.15, 0.2) is 60.8 Å². The highest BCUT2D eigenvalue weighted by molar-refractivity contribution is 5.76. The van der Waals surface area contributed by atoms with E-state index in [1.807, 2.05) is 6.08 Å². The lowest BCUT2D eigenvalue weighted by molar-refractivity contribution is -0.143. The van der Waals surface area contributed by atoms with Crippen LogP contribution >= 0.6 is 0 Å². The first-order valence-electron chi connectivity index (χ1n) is 33.1. The molecule has 0 aromatic carbocycles. The van der Waals surface area contributed by atoms with E-state index in [2.05, 4.69) is 67.8 Å². The Morgan fingerprint density at radius 2 is 0.667 bits per heavy atom. The van der Waals surface area contributed by atoms with Crippen molar-refractivity contribution in [3.63, 3.8) is 0 Å². The molecule has 2 unspecified atom stereocenters. The van der Waals surface area contributed by atoms with E-state index >= 15 is 0 Å². The number of esters is 1. The molecule has 0 rings (SSSR count). The molecular weight excluding hydrogens is 923 g/mol. The number of nitrogens with one attached hydrogen (secondary N) is 1. The van der Waals surface area contributed by atoms with Gasteiger partial charge >= 0.3 is 5.97 Å². The summed E-state index contributed by atoms with van der Waals surface area (Å²) in [7, 11) is 0. The van der Waals surface area contributed by atoms with Gasteiger partial charge in [-0.2, -0.15) is 0 Å². The molecule has 0 aliphatic rings. The van der Waals surface area contributed by atoms with Crippen molar-refractivity contribution in [2.45, 2.75) is 353 Å². The van der Waals surface area contributed by atoms with Crippen molar-refractivity contribution < 1.29 is 24.5 Å². The molecule has 6 heteroatoms. The molecule has 0 saturated heterocycles. The molecule has 0 heterocycles. The van der Waals surface area contributed by atoms with Gasteiger partial charge in [-0.05, 0) is 96.3 Å². The minimum Gasteiger partial charge on any atom is -0.466 e. The zero-order valence-electron chi connectivity index (χ0n) is 50.0. The normalized spacial score (nSPS) is 13.0. The molecule has 0 radical (unpaired) electrons. The number of aliphatic hydroxyl groups excluding tert-OH is 2. The summed E-state index contributed by atoms with van der Waals surface area (Å²) in [5.41, 5.74) is 0. The van der Waals surface area contributed by atoms with Gasteiger partial charge in [-0.25, -0.2) is 0 Å². The van der Waals surface area contributed by atoms with E-state index in [-0.39, 0.29) is 18.5 Å². The van der Waals surface area contributed by atoms with Crippen molar-refractivity contribution in [2.24, 2.45) is 0 Å². The number of carbonyl (C=O) groups excluding carboxylic acids is 2. The van der Waals surface area contributed by atoms with Crippen LogP contribution in [0.25, 0.3) is 0 Å². The maximum Gasteiger partial charge on any atom is 0.305 e. The number of rotatable bonds is 61. The number of ether oxygens (including phenoxy) is 1. The molecule has 438 valence electrons. The second-order valence-electron chi connectivity index (χ2n) is 22.4. The van der Waals surface area contributed by atoms with Gasteiger partial charge in [-0.15, -0.1) is 0 Å². The summed E-state index contributed by atoms with van der Waals surface area (Å²) in [6, 6.07) is -0.626. The lowest BCUT2D eigenvalue weighted by atomic mass is 10.0. The van der Waals surface area contributed by atoms with Crippen LogP contribution in [0.4, 0.5) is 0 Å². The second kappa shape index (κ2) is 64.1. The van der Waals surface area contributed by atoms with E-state index in [1.165, 1.54) is 257 Å². The van der Waals surface area contributed by atoms with Crippen molar-refractivity contribution in [1.82, 2.24) is 5.32 Å². The van der Waals surface area contributed by atoms with Gasteiger partial charge in [-0.3, -0.25) is 9.59 Å². The van der Waals surface area contributed by atoms with E-state index in [0.29, 0.717) is 19.4 Å². The molecule has 0 aromatic heterocycles. The summed E-state index contributed by atoms with van der Waals surface area (Å²) < 4.78 is 5.49. The van der Waals surface area contributed by atoms with Crippen molar-refractivity contribution in [3.8, 4) is 0 Å². The molecular formula is C69H127NO5. The number of carbonyl (C=O) groups is 2. The van der Waals surface area contributed by atoms with Gasteiger partial charge in [0.05, 0.1) is 25.4 Å². The third-order valence-electron chi connectivity index (χ3n) is 15.0. The fourth-order valence-corrected chi connectivity index (χ4v) is 9.93. The Bertz CT molecular complexity index is 1300. The van der Waals surface area contributed by atoms with Gasteiger partial charge in [0.15, 0.2) is 0 Å². The highest BCUT2D eigenvalue weighted by Gasteiger charge is 2.18. The average molecular weight is 1050 g/mol. The predicted octanol–water partition coefficient (Wildman–Crippen LogP) is 21.1. The Labute approximate surface area is 467 Å². The third-order valence-corrected chi connectivity index (χ3v) is 15.0. The van der Waals surface area contributed by atoms with E-state index in [4.69, 9.17) is 4.74 Å². The topological polar surface area (TPSA) is 95.9 Å². The molecule has 1 amide bonds. The first-order valence-corrected chi connectivity index (χ1v) is 33.1. The molecule has 0 bridgehead atoms. The summed E-state index contributed by atoms with van der Waals surface area (Å²) in [5.74, 6) is -0.0651. The first kappa shape index (κ1) is 72.6. The Morgan fingerprint density at radius 3 is 1.03 bits per heavy atom. The first-order chi connectivity index (χ1) is 37.0. The van der Waals surface area contributed by atoms with Crippen molar-refractivity contribution in [3.05, 3.63) is 60.8 Å². The lowest BCUT2D eigenvalue weighted by Gasteiger charge is -2.20. The van der Waals surface area contributed by atoms with Gasteiger partial charge in [0.1, 0.15) is 0 Å². The molecule has 3 N–H and O–H groups in total. The summed E-state index contributed by atoms with van der Waals surface area (Å²) >= 11 is 0. The summed E-state index contributed by atoms with van der Waals surface area (Å²) in [6.07, 6.45) is 84.4. The molecule has 75 heavy (non-hydrogen) atoms. The number of hydrogen-bond acceptors (Lipinski definition) is 5. The van der Waals surface area contributed by atoms with E-state index in [9.17, 15) is 19.8 Å². The highest BCUT2D eigenvalue weighted by atomic mass is 16.5. The molecule has 0 aliphatic carbocycles. The standard InChI is InChI=1S/C69H127NO5/c1-3-5-7-9-11-13-14-15-16-17-34-37-40-43-47-51-55-59-63-69(74)75-64-60-56-52-48-44-41-38-35-32-30-28-26-24-22-20-18-19-21-23-25-27-29-31-33-36-39-42-46-50-54-58-62-68(73)70-66(65-71)67(72)61-57-53-49-45-12-10-8-6-4-2/h13-14,16-17,20,22,26,28,57,61,66-67,71-72H,3-12,15,18-19,21,23-25,27,29-56,58-60,62-65H2,1-2H3,(H,70,73)/b14-13-,17-16-,22-20-,28-26-,61-57+. The van der Waals surface area contributed by atoms with Crippen molar-refractivity contribution >= 4 is 11.9 Å². The van der Waals surface area contributed by atoms with Crippen molar-refractivity contribution in [2.75, 3.05) is 13.2 Å². The van der Waals surface area contributed by atoms with Gasteiger partial charge in [0.2, 0.25) is 5.91 Å². The Hall–Kier alpha value is -2.44. The third kappa shape index (κ3) is 60.6. The maximum atomic E-state index is 12.4. The average Bonchev–Trinajstić information content (AvgIpc) is 3.41. The maximum absolute atomic E-state index is 12.4. The quantitative estimate of drug-likeness (QED) is 0.0320. The summed E-state index contributed by atoms with van der Waals surface area (Å²) in [6.45, 7) is 4.86. The minimum absolute atomic E-state index is 0.00506. The summed E-state index contributed by atoms with van der Waals surface area (Å²) in [4.78, 5) is 24.5. The number of unbranched alkanes of at least 4 members (excludes halogenated alkanes) is 42. The number of aliphatic hydroxyl groups is 2. The Morgan fingerprint density at radius 1 is 0.373 bits per heavy atom. The van der Waals surface area contributed by atoms with E-state index < -0.39 is 12.1 Å². The van der Waals surface area contributed by atoms with E-state index in [1.54, 1.807) is 6.08 Å². The predicted molar refractivity (Wildman–Crippen MR) is 328 cm³/mol. The largest absolute Gasteiger partial charge is 0.466 e. The van der Waals surface area contributed by atoms with Gasteiger partial charge in [-0.1, -0.05) is 293 Å². The van der Waals surface area contributed by atoms with Crippen LogP contribution in [-0.2, 0) is 14.3 Å². The Kier molecular flexibility index (Phi) is 62.0. The minimum atomic E-state index is -0.842. The SMILES string of the molecule is CCCCCC/C=C\C/C=C\CCCCCCCCCC(=O)OCCCCCCCCCCC/C=C\C/C=C\CCCCCCCCCCCCCCCCCC(=O)NC(CO)C(O)/C=C/CCCCCCCCC. The molecule has 0 fully saturated rings. The lowest BCUT2D eigenvalue weighted by Crippen LogP contribution is -2.45. The fraction of sp³-hybridized carbons (Fsp3) is 0.826. The molecule has 6 nitrogen and oxygen atoms in total. The molecule has 0 aromatic rings. The van der Waals surface area contributed by atoms with Crippen LogP contribution in [0.3, 0.4) is 0 Å². The monoisotopic (exact) mass is 1050 g/mol. The number of allylic oxidation sites excluding steroid dienone is 9. The second-order valence-corrected chi connectivity index (χ2v) is 22.4. The zero-order valence-corrected chi connectivity index (χ0v) is 50.0. The van der Waals surface area contributed by atoms with Crippen LogP contribution in [0.5, 0.6) is 0 Å². The van der Waals surface area contributed by atoms with Crippen LogP contribution < -0.4 is 5.32 Å². The van der Waals surface area contributed by atoms with Crippen LogP contribution in [0.2, 0.25) is 0 Å². The molecule has 0 saturated carbocycles.